The lowest BCUT2D eigenvalue weighted by atomic mass is 10.1. The van der Waals surface area contributed by atoms with Crippen LogP contribution in [0.25, 0.3) is 0 Å². The number of rotatable bonds is 6. The molecular weight excluding hydrogens is 240 g/mol. The molecule has 1 aromatic heterocycles. The van der Waals surface area contributed by atoms with Crippen LogP contribution in [0.2, 0.25) is 0 Å². The molecule has 1 unspecified atom stereocenters. The average molecular weight is 256 g/mol. The van der Waals surface area contributed by atoms with E-state index in [1.54, 1.807) is 5.38 Å². The standard InChI is InChI=1S/C11H16N2O3S/c1-3-4-7(2)10(16)13-11-12-8(6-17-11)5-9(14)15/h6-7H,3-5H2,1-2H3,(H,14,15)(H,12,13,16). The van der Waals surface area contributed by atoms with Gasteiger partial charge in [-0.2, -0.15) is 0 Å². The Morgan fingerprint density at radius 1 is 1.59 bits per heavy atom. The number of hydrogen-bond acceptors (Lipinski definition) is 4. The topological polar surface area (TPSA) is 79.3 Å². The van der Waals surface area contributed by atoms with Crippen molar-refractivity contribution in [3.8, 4) is 0 Å². The predicted octanol–water partition coefficient (Wildman–Crippen LogP) is 2.14. The molecule has 1 aromatic rings. The molecule has 0 saturated carbocycles. The second-order valence-corrected chi connectivity index (χ2v) is 4.75. The highest BCUT2D eigenvalue weighted by atomic mass is 32.1. The van der Waals surface area contributed by atoms with Gasteiger partial charge < -0.3 is 10.4 Å². The molecule has 17 heavy (non-hydrogen) atoms. The molecule has 1 rings (SSSR count). The van der Waals surface area contributed by atoms with Crippen molar-refractivity contribution in [3.05, 3.63) is 11.1 Å². The van der Waals surface area contributed by atoms with Gasteiger partial charge in [0.2, 0.25) is 5.91 Å². The Bertz CT molecular complexity index is 403. The maximum atomic E-state index is 11.7. The maximum absolute atomic E-state index is 11.7. The zero-order valence-corrected chi connectivity index (χ0v) is 10.7. The van der Waals surface area contributed by atoms with E-state index in [1.807, 2.05) is 13.8 Å². The van der Waals surface area contributed by atoms with Gasteiger partial charge in [0.1, 0.15) is 0 Å². The minimum atomic E-state index is -0.924. The molecule has 0 fully saturated rings. The Balaban J connectivity index is 2.54. The number of carbonyl (C=O) groups is 2. The lowest BCUT2D eigenvalue weighted by molar-refractivity contribution is -0.136. The molecule has 0 aliphatic heterocycles. The summed E-state index contributed by atoms with van der Waals surface area (Å²) in [6.07, 6.45) is 1.67. The lowest BCUT2D eigenvalue weighted by Gasteiger charge is -2.08. The minimum absolute atomic E-state index is 0.0492. The van der Waals surface area contributed by atoms with Gasteiger partial charge >= 0.3 is 5.97 Å². The van der Waals surface area contributed by atoms with Crippen molar-refractivity contribution in [2.24, 2.45) is 5.92 Å². The molecule has 2 N–H and O–H groups in total. The van der Waals surface area contributed by atoms with Crippen LogP contribution in [0.1, 0.15) is 32.4 Å². The van der Waals surface area contributed by atoms with Gasteiger partial charge in [0.25, 0.3) is 0 Å². The fraction of sp³-hybridized carbons (Fsp3) is 0.545. The van der Waals surface area contributed by atoms with E-state index in [-0.39, 0.29) is 18.2 Å². The van der Waals surface area contributed by atoms with Gasteiger partial charge in [-0.25, -0.2) is 4.98 Å². The minimum Gasteiger partial charge on any atom is -0.481 e. The van der Waals surface area contributed by atoms with Gasteiger partial charge in [-0.1, -0.05) is 20.3 Å². The van der Waals surface area contributed by atoms with Gasteiger partial charge in [-0.15, -0.1) is 11.3 Å². The van der Waals surface area contributed by atoms with Gasteiger partial charge in [0.15, 0.2) is 5.13 Å². The highest BCUT2D eigenvalue weighted by Crippen LogP contribution is 2.17. The van der Waals surface area contributed by atoms with Crippen molar-refractivity contribution >= 4 is 28.3 Å². The van der Waals surface area contributed by atoms with Crippen LogP contribution in [0.4, 0.5) is 5.13 Å². The van der Waals surface area contributed by atoms with Crippen LogP contribution in [-0.4, -0.2) is 22.0 Å². The normalized spacial score (nSPS) is 12.1. The molecule has 1 atom stereocenters. The number of aliphatic carboxylic acids is 1. The Morgan fingerprint density at radius 2 is 2.29 bits per heavy atom. The summed E-state index contributed by atoms with van der Waals surface area (Å²) in [5.74, 6) is -1.04. The van der Waals surface area contributed by atoms with Crippen molar-refractivity contribution in [1.82, 2.24) is 4.98 Å². The van der Waals surface area contributed by atoms with Crippen molar-refractivity contribution in [2.45, 2.75) is 33.1 Å². The summed E-state index contributed by atoms with van der Waals surface area (Å²) in [6.45, 7) is 3.89. The van der Waals surface area contributed by atoms with E-state index in [1.165, 1.54) is 11.3 Å². The summed E-state index contributed by atoms with van der Waals surface area (Å²) in [6, 6.07) is 0. The summed E-state index contributed by atoms with van der Waals surface area (Å²) in [7, 11) is 0. The number of aromatic nitrogens is 1. The van der Waals surface area contributed by atoms with E-state index < -0.39 is 5.97 Å². The van der Waals surface area contributed by atoms with Crippen LogP contribution in [0, 0.1) is 5.92 Å². The number of hydrogen-bond donors (Lipinski definition) is 2. The van der Waals surface area contributed by atoms with Gasteiger partial charge in [0, 0.05) is 11.3 Å². The van der Waals surface area contributed by atoms with Crippen molar-refractivity contribution in [1.29, 1.82) is 0 Å². The van der Waals surface area contributed by atoms with Crippen LogP contribution < -0.4 is 5.32 Å². The molecule has 1 heterocycles. The van der Waals surface area contributed by atoms with Crippen LogP contribution >= 0.6 is 11.3 Å². The molecule has 94 valence electrons. The van der Waals surface area contributed by atoms with Crippen molar-refractivity contribution in [2.75, 3.05) is 5.32 Å². The van der Waals surface area contributed by atoms with Crippen LogP contribution in [0.15, 0.2) is 5.38 Å². The number of nitrogens with one attached hydrogen (secondary N) is 1. The van der Waals surface area contributed by atoms with E-state index in [4.69, 9.17) is 5.11 Å². The summed E-state index contributed by atoms with van der Waals surface area (Å²) in [5.41, 5.74) is 0.473. The summed E-state index contributed by atoms with van der Waals surface area (Å²) in [5, 5.41) is 13.4. The smallest absolute Gasteiger partial charge is 0.309 e. The third-order valence-corrected chi connectivity index (χ3v) is 3.09. The lowest BCUT2D eigenvalue weighted by Crippen LogP contribution is -2.20. The summed E-state index contributed by atoms with van der Waals surface area (Å²) < 4.78 is 0. The van der Waals surface area contributed by atoms with E-state index in [9.17, 15) is 9.59 Å². The first-order valence-corrected chi connectivity index (χ1v) is 6.38. The number of anilines is 1. The summed E-state index contributed by atoms with van der Waals surface area (Å²) >= 11 is 1.25. The second-order valence-electron chi connectivity index (χ2n) is 3.89. The Kier molecular flexibility index (Phi) is 5.09. The van der Waals surface area contributed by atoms with Crippen LogP contribution in [0.5, 0.6) is 0 Å². The average Bonchev–Trinajstić information content (AvgIpc) is 2.64. The molecule has 6 heteroatoms. The Labute approximate surface area is 104 Å². The third kappa shape index (κ3) is 4.52. The first-order chi connectivity index (χ1) is 8.02. The quantitative estimate of drug-likeness (QED) is 0.817. The predicted molar refractivity (Wildman–Crippen MR) is 66.2 cm³/mol. The van der Waals surface area contributed by atoms with Gasteiger partial charge in [0.05, 0.1) is 12.1 Å². The molecule has 1 amide bonds. The van der Waals surface area contributed by atoms with E-state index in [0.717, 1.165) is 12.8 Å². The zero-order chi connectivity index (χ0) is 12.8. The monoisotopic (exact) mass is 256 g/mol. The maximum Gasteiger partial charge on any atom is 0.309 e. The SMILES string of the molecule is CCCC(C)C(=O)Nc1nc(CC(=O)O)cs1. The molecule has 0 aliphatic rings. The number of carbonyl (C=O) groups excluding carboxylic acids is 1. The van der Waals surface area contributed by atoms with Crippen molar-refractivity contribution in [3.63, 3.8) is 0 Å². The Morgan fingerprint density at radius 3 is 2.88 bits per heavy atom. The second kappa shape index (κ2) is 6.34. The first kappa shape index (κ1) is 13.6. The van der Waals surface area contributed by atoms with Crippen LogP contribution in [0.3, 0.4) is 0 Å². The fourth-order valence-electron chi connectivity index (χ4n) is 1.39. The van der Waals surface area contributed by atoms with Gasteiger partial charge in [-0.3, -0.25) is 9.59 Å². The van der Waals surface area contributed by atoms with E-state index in [2.05, 4.69) is 10.3 Å². The molecule has 0 bridgehead atoms. The highest BCUT2D eigenvalue weighted by Gasteiger charge is 2.14. The molecule has 0 aliphatic carbocycles. The fourth-order valence-corrected chi connectivity index (χ4v) is 2.11. The summed E-state index contributed by atoms with van der Waals surface area (Å²) in [4.78, 5) is 26.2. The van der Waals surface area contributed by atoms with E-state index >= 15 is 0 Å². The van der Waals surface area contributed by atoms with Gasteiger partial charge in [-0.05, 0) is 6.42 Å². The molecule has 5 nitrogen and oxygen atoms in total. The molecule has 0 saturated heterocycles. The molecule has 0 aromatic carbocycles. The largest absolute Gasteiger partial charge is 0.481 e. The highest BCUT2D eigenvalue weighted by molar-refractivity contribution is 7.13. The third-order valence-electron chi connectivity index (χ3n) is 2.28. The van der Waals surface area contributed by atoms with Crippen LogP contribution in [-0.2, 0) is 16.0 Å². The molecule has 0 radical (unpaired) electrons. The molecule has 0 spiro atoms. The van der Waals surface area contributed by atoms with Crippen molar-refractivity contribution < 1.29 is 14.7 Å². The zero-order valence-electron chi connectivity index (χ0n) is 9.90. The number of amides is 1. The van der Waals surface area contributed by atoms with E-state index in [0.29, 0.717) is 10.8 Å². The number of carboxylic acid groups (broad SMARTS) is 1. The first-order valence-electron chi connectivity index (χ1n) is 5.50. The number of carboxylic acids is 1. The number of nitrogens with zero attached hydrogens (tertiary/aromatic N) is 1. The Hall–Kier alpha value is -1.43. The molecular formula is C11H16N2O3S. The number of thiazole rings is 1.